The van der Waals surface area contributed by atoms with Gasteiger partial charge < -0.3 is 20.3 Å². The number of rotatable bonds is 4. The van der Waals surface area contributed by atoms with Gasteiger partial charge in [0.2, 0.25) is 5.91 Å². The van der Waals surface area contributed by atoms with Gasteiger partial charge in [-0.25, -0.2) is 4.98 Å². The van der Waals surface area contributed by atoms with Crippen molar-refractivity contribution in [1.82, 2.24) is 20.2 Å². The van der Waals surface area contributed by atoms with Gasteiger partial charge in [-0.2, -0.15) is 0 Å². The van der Waals surface area contributed by atoms with Crippen molar-refractivity contribution >= 4 is 11.8 Å². The molecule has 1 aliphatic heterocycles. The van der Waals surface area contributed by atoms with Crippen LogP contribution in [-0.4, -0.2) is 32.0 Å². The van der Waals surface area contributed by atoms with Crippen LogP contribution < -0.4 is 10.6 Å². The number of benzene rings is 2. The third-order valence-electron chi connectivity index (χ3n) is 5.91. The van der Waals surface area contributed by atoms with Crippen LogP contribution in [0.1, 0.15) is 47.1 Å². The molecule has 0 saturated heterocycles. The second-order valence-corrected chi connectivity index (χ2v) is 7.93. The zero-order chi connectivity index (χ0) is 20.7. The normalized spacial score (nSPS) is 18.5. The maximum atomic E-state index is 13.1. The Hall–Kier alpha value is -3.61. The predicted molar refractivity (Wildman–Crippen MR) is 110 cm³/mol. The van der Waals surface area contributed by atoms with Gasteiger partial charge in [0.05, 0.1) is 6.04 Å². The maximum Gasteiger partial charge on any atom is 0.252 e. The maximum absolute atomic E-state index is 13.1. The topological polar surface area (TPSA) is 96.3 Å². The van der Waals surface area contributed by atoms with Gasteiger partial charge in [0.1, 0.15) is 17.1 Å². The third-order valence-corrected chi connectivity index (χ3v) is 5.91. The molecule has 2 aliphatic rings. The fraction of sp³-hybridized carbons (Fsp3) is 0.261. The van der Waals surface area contributed by atoms with E-state index in [1.165, 1.54) is 29.8 Å². The number of phenolic OH excluding ortho intramolecular Hbond substituents is 1. The Morgan fingerprint density at radius 3 is 2.63 bits per heavy atom. The highest BCUT2D eigenvalue weighted by molar-refractivity contribution is 6.00. The zero-order valence-corrected chi connectivity index (χ0v) is 16.3. The van der Waals surface area contributed by atoms with Crippen molar-refractivity contribution in [2.75, 3.05) is 0 Å². The van der Waals surface area contributed by atoms with Gasteiger partial charge >= 0.3 is 0 Å². The van der Waals surface area contributed by atoms with E-state index < -0.39 is 5.54 Å². The number of aromatic nitrogens is 2. The van der Waals surface area contributed by atoms with Gasteiger partial charge in [-0.05, 0) is 61.6 Å². The van der Waals surface area contributed by atoms with Crippen molar-refractivity contribution in [3.8, 4) is 11.4 Å². The molecule has 0 spiro atoms. The Morgan fingerprint density at radius 2 is 1.87 bits per heavy atom. The van der Waals surface area contributed by atoms with Gasteiger partial charge in [0.15, 0.2) is 0 Å². The predicted octanol–water partition coefficient (Wildman–Crippen LogP) is 2.64. The van der Waals surface area contributed by atoms with Crippen molar-refractivity contribution in [3.63, 3.8) is 0 Å². The first kappa shape index (κ1) is 18.4. The van der Waals surface area contributed by atoms with Crippen LogP contribution in [0.15, 0.2) is 60.9 Å². The highest BCUT2D eigenvalue weighted by Crippen LogP contribution is 2.37. The number of imidazole rings is 1. The number of carbonyl (C=O) groups is 2. The molecule has 1 aromatic heterocycles. The van der Waals surface area contributed by atoms with Crippen LogP contribution in [0.2, 0.25) is 0 Å². The van der Waals surface area contributed by atoms with Crippen molar-refractivity contribution < 1.29 is 14.7 Å². The molecular weight excluding hydrogens is 380 g/mol. The molecule has 2 aromatic carbocycles. The molecule has 1 atom stereocenters. The number of hydrogen-bond donors (Lipinski definition) is 3. The second-order valence-electron chi connectivity index (χ2n) is 7.93. The minimum atomic E-state index is -0.883. The second kappa shape index (κ2) is 7.02. The summed E-state index contributed by atoms with van der Waals surface area (Å²) in [5, 5.41) is 15.4. The molecule has 30 heavy (non-hydrogen) atoms. The van der Waals surface area contributed by atoms with Crippen LogP contribution in [0.4, 0.5) is 0 Å². The van der Waals surface area contributed by atoms with Crippen molar-refractivity contribution in [2.24, 2.45) is 0 Å². The van der Waals surface area contributed by atoms with Crippen LogP contribution in [-0.2, 0) is 11.2 Å². The van der Waals surface area contributed by atoms with E-state index in [1.807, 2.05) is 22.9 Å². The largest absolute Gasteiger partial charge is 0.508 e. The summed E-state index contributed by atoms with van der Waals surface area (Å²) in [6.07, 6.45) is 6.43. The number of amides is 2. The highest BCUT2D eigenvalue weighted by atomic mass is 16.3. The van der Waals surface area contributed by atoms with E-state index in [-0.39, 0.29) is 23.6 Å². The standard InChI is InChI=1S/C23H22N4O3/c28-17-8-5-16(6-9-17)21(29)26-23(11-12-23)22(30)25-18-10-7-15-3-1-2-4-19(15)27-14-13-24-20(18)27/h1-6,8-9,13-14,18,28H,7,10-12H2,(H,25,30)(H,26,29)/t18-/m1/s1. The summed E-state index contributed by atoms with van der Waals surface area (Å²) in [5.41, 5.74) is 1.83. The molecule has 1 aliphatic carbocycles. The smallest absolute Gasteiger partial charge is 0.252 e. The van der Waals surface area contributed by atoms with Crippen LogP contribution in [0.25, 0.3) is 5.69 Å². The number of hydrogen-bond acceptors (Lipinski definition) is 4. The number of aromatic hydroxyl groups is 1. The molecule has 7 heteroatoms. The van der Waals surface area contributed by atoms with E-state index in [1.54, 1.807) is 6.20 Å². The summed E-state index contributed by atoms with van der Waals surface area (Å²) in [5.74, 6) is 0.391. The summed E-state index contributed by atoms with van der Waals surface area (Å²) in [6, 6.07) is 13.9. The first-order valence-electron chi connectivity index (χ1n) is 10.1. The Labute approximate surface area is 173 Å². The molecule has 5 rings (SSSR count). The molecule has 1 fully saturated rings. The number of fused-ring (bicyclic) bond motifs is 3. The van der Waals surface area contributed by atoms with E-state index in [0.29, 0.717) is 18.4 Å². The van der Waals surface area contributed by atoms with E-state index in [9.17, 15) is 14.7 Å². The van der Waals surface area contributed by atoms with Crippen LogP contribution in [0.5, 0.6) is 5.75 Å². The first-order chi connectivity index (χ1) is 14.6. The number of nitrogens with one attached hydrogen (secondary N) is 2. The molecule has 0 bridgehead atoms. The minimum Gasteiger partial charge on any atom is -0.508 e. The summed E-state index contributed by atoms with van der Waals surface area (Å²) in [7, 11) is 0. The van der Waals surface area contributed by atoms with Crippen molar-refractivity contribution in [3.05, 3.63) is 77.9 Å². The van der Waals surface area contributed by atoms with E-state index in [2.05, 4.69) is 27.8 Å². The third kappa shape index (κ3) is 3.22. The average Bonchev–Trinajstić information content (AvgIpc) is 3.41. The van der Waals surface area contributed by atoms with Gasteiger partial charge in [-0.3, -0.25) is 9.59 Å². The molecule has 1 saturated carbocycles. The van der Waals surface area contributed by atoms with Crippen LogP contribution in [0, 0.1) is 0 Å². The molecule has 2 heterocycles. The van der Waals surface area contributed by atoms with Crippen molar-refractivity contribution in [1.29, 1.82) is 0 Å². The lowest BCUT2D eigenvalue weighted by Crippen LogP contribution is -2.50. The lowest BCUT2D eigenvalue weighted by atomic mass is 10.0. The lowest BCUT2D eigenvalue weighted by molar-refractivity contribution is -0.124. The highest BCUT2D eigenvalue weighted by Gasteiger charge is 2.52. The van der Waals surface area contributed by atoms with Crippen LogP contribution in [0.3, 0.4) is 0 Å². The number of aryl methyl sites for hydroxylation is 1. The fourth-order valence-corrected chi connectivity index (χ4v) is 4.03. The number of para-hydroxylation sites is 1. The van der Waals surface area contributed by atoms with Gasteiger partial charge in [-0.15, -0.1) is 0 Å². The first-order valence-corrected chi connectivity index (χ1v) is 10.1. The number of carbonyl (C=O) groups excluding carboxylic acids is 2. The summed E-state index contributed by atoms with van der Waals surface area (Å²) in [4.78, 5) is 30.2. The van der Waals surface area contributed by atoms with Crippen LogP contribution >= 0.6 is 0 Å². The molecule has 152 valence electrons. The van der Waals surface area contributed by atoms with Gasteiger partial charge in [0, 0.05) is 23.6 Å². The summed E-state index contributed by atoms with van der Waals surface area (Å²) in [6.45, 7) is 0. The van der Waals surface area contributed by atoms with E-state index >= 15 is 0 Å². The molecule has 0 radical (unpaired) electrons. The summed E-state index contributed by atoms with van der Waals surface area (Å²) >= 11 is 0. The molecule has 2 amide bonds. The van der Waals surface area contributed by atoms with Crippen molar-refractivity contribution in [2.45, 2.75) is 37.3 Å². The monoisotopic (exact) mass is 402 g/mol. The Kier molecular flexibility index (Phi) is 4.31. The summed E-state index contributed by atoms with van der Waals surface area (Å²) < 4.78 is 2.03. The Balaban J connectivity index is 1.33. The molecule has 3 aromatic rings. The molecule has 3 N–H and O–H groups in total. The minimum absolute atomic E-state index is 0.0929. The Morgan fingerprint density at radius 1 is 1.10 bits per heavy atom. The quantitative estimate of drug-likeness (QED) is 0.625. The lowest BCUT2D eigenvalue weighted by Gasteiger charge is -2.22. The molecular formula is C23H22N4O3. The number of phenols is 1. The van der Waals surface area contributed by atoms with Gasteiger partial charge in [0.25, 0.3) is 5.91 Å². The van der Waals surface area contributed by atoms with E-state index in [4.69, 9.17) is 0 Å². The average molecular weight is 402 g/mol. The number of nitrogens with zero attached hydrogens (tertiary/aromatic N) is 2. The molecule has 0 unspecified atom stereocenters. The van der Waals surface area contributed by atoms with E-state index in [0.717, 1.165) is 24.4 Å². The molecule has 7 nitrogen and oxygen atoms in total. The Bertz CT molecular complexity index is 1120. The zero-order valence-electron chi connectivity index (χ0n) is 16.3. The van der Waals surface area contributed by atoms with Gasteiger partial charge in [-0.1, -0.05) is 18.2 Å². The fourth-order valence-electron chi connectivity index (χ4n) is 4.03. The SMILES string of the molecule is O=C(NC1(C(=O)N[C@@H]2CCc3ccccc3-n3ccnc32)CC1)c1ccc(O)cc1.